The summed E-state index contributed by atoms with van der Waals surface area (Å²) in [7, 11) is 0. The second-order valence-electron chi connectivity index (χ2n) is 5.47. The van der Waals surface area contributed by atoms with Crippen LogP contribution in [0.5, 0.6) is 0 Å². The molecule has 3 aromatic rings. The highest BCUT2D eigenvalue weighted by molar-refractivity contribution is 7.13. The van der Waals surface area contributed by atoms with Crippen LogP contribution in [-0.4, -0.2) is 24.9 Å². The number of thiophene rings is 1. The van der Waals surface area contributed by atoms with Gasteiger partial charge < -0.3 is 5.11 Å². The first kappa shape index (κ1) is 15.8. The summed E-state index contributed by atoms with van der Waals surface area (Å²) in [4.78, 5) is 10.3. The molecule has 0 spiro atoms. The van der Waals surface area contributed by atoms with Gasteiger partial charge in [-0.15, -0.1) is 11.3 Å². The number of aromatic nitrogens is 4. The molecule has 120 valence electrons. The third-order valence-electron chi connectivity index (χ3n) is 3.80. The van der Waals surface area contributed by atoms with E-state index in [1.54, 1.807) is 22.2 Å². The Bertz CT molecular complexity index is 780. The van der Waals surface area contributed by atoms with Gasteiger partial charge in [0.1, 0.15) is 0 Å². The first-order valence-corrected chi connectivity index (χ1v) is 8.67. The molecular weight excluding hydrogens is 308 g/mol. The minimum atomic E-state index is -0.0112. The van der Waals surface area contributed by atoms with E-state index in [1.807, 2.05) is 24.6 Å². The van der Waals surface area contributed by atoms with E-state index in [4.69, 9.17) is 4.98 Å². The van der Waals surface area contributed by atoms with Crippen molar-refractivity contribution in [1.29, 1.82) is 0 Å². The van der Waals surface area contributed by atoms with Gasteiger partial charge in [0.05, 0.1) is 29.1 Å². The van der Waals surface area contributed by atoms with E-state index in [0.29, 0.717) is 5.95 Å². The molecule has 0 fully saturated rings. The number of aliphatic hydroxyl groups excluding tert-OH is 1. The summed E-state index contributed by atoms with van der Waals surface area (Å²) in [6, 6.07) is 4.08. The van der Waals surface area contributed by atoms with Gasteiger partial charge in [-0.1, -0.05) is 19.4 Å². The smallest absolute Gasteiger partial charge is 0.251 e. The van der Waals surface area contributed by atoms with Crippen molar-refractivity contribution in [3.63, 3.8) is 0 Å². The average molecular weight is 328 g/mol. The summed E-state index contributed by atoms with van der Waals surface area (Å²) in [5.41, 5.74) is 3.82. The largest absolute Gasteiger partial charge is 0.392 e. The number of nitrogens with zero attached hydrogens (tertiary/aromatic N) is 4. The summed E-state index contributed by atoms with van der Waals surface area (Å²) in [6.45, 7) is 4.15. The predicted octanol–water partition coefficient (Wildman–Crippen LogP) is 3.53. The van der Waals surface area contributed by atoms with Crippen LogP contribution in [0.25, 0.3) is 16.5 Å². The standard InChI is InChI=1S/C17H20N4OS/c1-3-4-6-14-13(11-22)10-19-21(14)17-18-9-12(2)16(20-17)15-7-5-8-23-15/h5,7-10,22H,3-4,6,11H2,1-2H3. The Morgan fingerprint density at radius 3 is 2.87 bits per heavy atom. The molecule has 0 amide bonds. The van der Waals surface area contributed by atoms with Gasteiger partial charge in [0, 0.05) is 11.8 Å². The van der Waals surface area contributed by atoms with Crippen LogP contribution in [-0.2, 0) is 13.0 Å². The van der Waals surface area contributed by atoms with Gasteiger partial charge in [-0.2, -0.15) is 5.10 Å². The molecule has 0 aliphatic rings. The Kier molecular flexibility index (Phi) is 4.83. The maximum absolute atomic E-state index is 9.53. The summed E-state index contributed by atoms with van der Waals surface area (Å²) < 4.78 is 1.76. The van der Waals surface area contributed by atoms with Gasteiger partial charge in [-0.25, -0.2) is 14.6 Å². The van der Waals surface area contributed by atoms with Gasteiger partial charge in [0.15, 0.2) is 0 Å². The minimum Gasteiger partial charge on any atom is -0.392 e. The van der Waals surface area contributed by atoms with Crippen LogP contribution >= 0.6 is 11.3 Å². The monoisotopic (exact) mass is 328 g/mol. The van der Waals surface area contributed by atoms with Crippen LogP contribution in [0.15, 0.2) is 29.9 Å². The Balaban J connectivity index is 2.05. The Morgan fingerprint density at radius 1 is 1.30 bits per heavy atom. The van der Waals surface area contributed by atoms with Crippen LogP contribution in [0.2, 0.25) is 0 Å². The fourth-order valence-corrected chi connectivity index (χ4v) is 3.30. The van der Waals surface area contributed by atoms with Gasteiger partial charge in [0.25, 0.3) is 5.95 Å². The lowest BCUT2D eigenvalue weighted by Crippen LogP contribution is -2.09. The second-order valence-corrected chi connectivity index (χ2v) is 6.42. The number of hydrogen-bond donors (Lipinski definition) is 1. The zero-order valence-corrected chi connectivity index (χ0v) is 14.2. The number of aliphatic hydroxyl groups is 1. The zero-order valence-electron chi connectivity index (χ0n) is 13.4. The van der Waals surface area contributed by atoms with Crippen molar-refractivity contribution in [2.45, 2.75) is 39.7 Å². The van der Waals surface area contributed by atoms with Gasteiger partial charge in [0.2, 0.25) is 0 Å². The van der Waals surface area contributed by atoms with E-state index < -0.39 is 0 Å². The molecule has 6 heteroatoms. The lowest BCUT2D eigenvalue weighted by Gasteiger charge is -2.09. The van der Waals surface area contributed by atoms with Crippen molar-refractivity contribution in [2.24, 2.45) is 0 Å². The van der Waals surface area contributed by atoms with Gasteiger partial charge >= 0.3 is 0 Å². The molecule has 0 radical (unpaired) electrons. The summed E-state index contributed by atoms with van der Waals surface area (Å²) in [6.07, 6.45) is 6.53. The van der Waals surface area contributed by atoms with Gasteiger partial charge in [-0.05, 0) is 36.8 Å². The predicted molar refractivity (Wildman–Crippen MR) is 91.7 cm³/mol. The molecular formula is C17H20N4OS. The van der Waals surface area contributed by atoms with Crippen LogP contribution in [0, 0.1) is 6.92 Å². The SMILES string of the molecule is CCCCc1c(CO)cnn1-c1ncc(C)c(-c2cccs2)n1. The lowest BCUT2D eigenvalue weighted by molar-refractivity contribution is 0.280. The molecule has 1 N–H and O–H groups in total. The fourth-order valence-electron chi connectivity index (χ4n) is 2.52. The van der Waals surface area contributed by atoms with Gasteiger partial charge in [-0.3, -0.25) is 0 Å². The highest BCUT2D eigenvalue weighted by Crippen LogP contribution is 2.26. The first-order chi connectivity index (χ1) is 11.2. The quantitative estimate of drug-likeness (QED) is 0.752. The molecule has 0 saturated heterocycles. The number of aryl methyl sites for hydroxylation is 1. The Labute approximate surface area is 139 Å². The summed E-state index contributed by atoms with van der Waals surface area (Å²) in [5, 5.41) is 16.0. The molecule has 3 rings (SSSR count). The second kappa shape index (κ2) is 7.02. The number of rotatable bonds is 6. The molecule has 0 unspecified atom stereocenters. The third kappa shape index (κ3) is 3.18. The first-order valence-electron chi connectivity index (χ1n) is 7.79. The fraction of sp³-hybridized carbons (Fsp3) is 0.353. The van der Waals surface area contributed by atoms with Crippen molar-refractivity contribution < 1.29 is 5.11 Å². The van der Waals surface area contributed by atoms with Crippen molar-refractivity contribution >= 4 is 11.3 Å². The molecule has 23 heavy (non-hydrogen) atoms. The molecule has 0 aliphatic heterocycles. The molecule has 0 atom stereocenters. The van der Waals surface area contributed by atoms with Crippen molar-refractivity contribution in [1.82, 2.24) is 19.7 Å². The van der Waals surface area contributed by atoms with Crippen LogP contribution < -0.4 is 0 Å². The summed E-state index contributed by atoms with van der Waals surface area (Å²) >= 11 is 1.66. The zero-order chi connectivity index (χ0) is 16.2. The average Bonchev–Trinajstić information content (AvgIpc) is 3.22. The van der Waals surface area contributed by atoms with Crippen molar-refractivity contribution in [3.05, 3.63) is 46.7 Å². The van der Waals surface area contributed by atoms with Crippen molar-refractivity contribution in [3.8, 4) is 16.5 Å². The highest BCUT2D eigenvalue weighted by atomic mass is 32.1. The molecule has 0 aromatic carbocycles. The van der Waals surface area contributed by atoms with E-state index in [0.717, 1.165) is 46.7 Å². The van der Waals surface area contributed by atoms with E-state index >= 15 is 0 Å². The normalized spacial score (nSPS) is 11.1. The molecule has 0 bridgehead atoms. The third-order valence-corrected chi connectivity index (χ3v) is 4.67. The molecule has 0 aliphatic carbocycles. The maximum Gasteiger partial charge on any atom is 0.251 e. The topological polar surface area (TPSA) is 63.8 Å². The van der Waals surface area contributed by atoms with Crippen molar-refractivity contribution in [2.75, 3.05) is 0 Å². The number of hydrogen-bond acceptors (Lipinski definition) is 5. The molecule has 0 saturated carbocycles. The summed E-state index contributed by atoms with van der Waals surface area (Å²) in [5.74, 6) is 0.560. The van der Waals surface area contributed by atoms with Crippen LogP contribution in [0.1, 0.15) is 36.6 Å². The molecule has 3 aromatic heterocycles. The molecule has 5 nitrogen and oxygen atoms in total. The minimum absolute atomic E-state index is 0.0112. The maximum atomic E-state index is 9.53. The lowest BCUT2D eigenvalue weighted by atomic mass is 10.1. The van der Waals surface area contributed by atoms with Crippen LogP contribution in [0.4, 0.5) is 0 Å². The number of unbranched alkanes of at least 4 members (excludes halogenated alkanes) is 1. The van der Waals surface area contributed by atoms with E-state index in [-0.39, 0.29) is 6.61 Å². The van der Waals surface area contributed by atoms with Crippen LogP contribution in [0.3, 0.4) is 0 Å². The molecule has 3 heterocycles. The highest BCUT2D eigenvalue weighted by Gasteiger charge is 2.15. The van der Waals surface area contributed by atoms with E-state index in [2.05, 4.69) is 23.1 Å². The van der Waals surface area contributed by atoms with E-state index in [1.165, 1.54) is 0 Å². The Hall–Kier alpha value is -2.05. The van der Waals surface area contributed by atoms with E-state index in [9.17, 15) is 5.11 Å². The Morgan fingerprint density at radius 2 is 2.17 bits per heavy atom.